The molecule has 1 unspecified atom stereocenters. The van der Waals surface area contributed by atoms with Crippen molar-refractivity contribution >= 4 is 50.1 Å². The first kappa shape index (κ1) is 15.3. The molecule has 0 saturated carbocycles. The summed E-state index contributed by atoms with van der Waals surface area (Å²) in [5.74, 6) is 5.70. The Kier molecular flexibility index (Phi) is 5.65. The molecule has 0 saturated heterocycles. The van der Waals surface area contributed by atoms with Crippen LogP contribution in [0.5, 0.6) is 0 Å². The van der Waals surface area contributed by atoms with Crippen molar-refractivity contribution in [2.75, 3.05) is 0 Å². The van der Waals surface area contributed by atoms with Crippen LogP contribution in [0.3, 0.4) is 0 Å². The molecule has 0 aliphatic carbocycles. The van der Waals surface area contributed by atoms with E-state index >= 15 is 0 Å². The minimum atomic E-state index is 0.0479. The van der Waals surface area contributed by atoms with Gasteiger partial charge in [-0.25, -0.2) is 0 Å². The molecule has 100 valence electrons. The molecule has 0 amide bonds. The first-order valence-corrected chi connectivity index (χ1v) is 8.01. The van der Waals surface area contributed by atoms with Gasteiger partial charge >= 0.3 is 0 Å². The maximum absolute atomic E-state index is 6.26. The van der Waals surface area contributed by atoms with Crippen molar-refractivity contribution in [2.45, 2.75) is 12.5 Å². The molecule has 0 bridgehead atoms. The van der Waals surface area contributed by atoms with Crippen LogP contribution < -0.4 is 11.3 Å². The Morgan fingerprint density at radius 2 is 2.00 bits per heavy atom. The van der Waals surface area contributed by atoms with Crippen molar-refractivity contribution in [1.29, 1.82) is 0 Å². The zero-order chi connectivity index (χ0) is 13.8. The van der Waals surface area contributed by atoms with Crippen LogP contribution in [0.1, 0.15) is 17.2 Å². The maximum atomic E-state index is 6.26. The predicted molar refractivity (Wildman–Crippen MR) is 92.1 cm³/mol. The summed E-state index contributed by atoms with van der Waals surface area (Å²) in [7, 11) is 0. The molecule has 0 spiro atoms. The summed E-state index contributed by atoms with van der Waals surface area (Å²) in [4.78, 5) is 0. The number of hydrazine groups is 1. The highest BCUT2D eigenvalue weighted by Gasteiger charge is 2.14. The van der Waals surface area contributed by atoms with E-state index in [1.807, 2.05) is 30.3 Å². The number of halogens is 3. The lowest BCUT2D eigenvalue weighted by molar-refractivity contribution is 0.550. The smallest absolute Gasteiger partial charge is 0.0511 e. The molecule has 19 heavy (non-hydrogen) atoms. The van der Waals surface area contributed by atoms with Crippen LogP contribution in [-0.2, 0) is 6.42 Å². The third kappa shape index (κ3) is 3.92. The summed E-state index contributed by atoms with van der Waals surface area (Å²) in [5.41, 5.74) is 5.14. The highest BCUT2D eigenvalue weighted by atomic mass is 127. The van der Waals surface area contributed by atoms with Gasteiger partial charge in [0.1, 0.15) is 0 Å². The summed E-state index contributed by atoms with van der Waals surface area (Å²) < 4.78 is 2.17. The molecule has 2 nitrogen and oxygen atoms in total. The van der Waals surface area contributed by atoms with Crippen LogP contribution in [0.25, 0.3) is 0 Å². The fourth-order valence-electron chi connectivity index (χ4n) is 1.92. The molecule has 2 aromatic carbocycles. The van der Waals surface area contributed by atoms with E-state index in [9.17, 15) is 0 Å². The highest BCUT2D eigenvalue weighted by Crippen LogP contribution is 2.27. The van der Waals surface area contributed by atoms with Gasteiger partial charge in [-0.3, -0.25) is 11.3 Å². The molecule has 0 aromatic heterocycles. The maximum Gasteiger partial charge on any atom is 0.0511 e. The lowest BCUT2D eigenvalue weighted by Gasteiger charge is -2.18. The number of hydrogen-bond donors (Lipinski definition) is 2. The Morgan fingerprint density at radius 3 is 2.63 bits per heavy atom. The van der Waals surface area contributed by atoms with Gasteiger partial charge in [-0.15, -0.1) is 0 Å². The summed E-state index contributed by atoms with van der Waals surface area (Å²) in [6.45, 7) is 0. The van der Waals surface area contributed by atoms with Gasteiger partial charge in [0.05, 0.1) is 6.04 Å². The minimum absolute atomic E-state index is 0.0479. The van der Waals surface area contributed by atoms with Gasteiger partial charge in [-0.05, 0) is 58.3 Å². The second kappa shape index (κ2) is 7.04. The molecule has 2 aromatic rings. The summed E-state index contributed by atoms with van der Waals surface area (Å²) in [6, 6.07) is 14.2. The van der Waals surface area contributed by atoms with E-state index in [0.717, 1.165) is 21.5 Å². The standard InChI is InChI=1S/C14H13BrClIN2/c15-10-6-5-9(12(16)8-10)7-14(19-18)11-3-1-2-4-13(11)17/h1-6,8,14,19H,7,18H2. The molecular weight excluding hydrogens is 438 g/mol. The second-order valence-corrected chi connectivity index (χ2v) is 6.67. The number of rotatable bonds is 4. The molecule has 0 fully saturated rings. The van der Waals surface area contributed by atoms with Crippen molar-refractivity contribution < 1.29 is 0 Å². The largest absolute Gasteiger partial charge is 0.271 e. The van der Waals surface area contributed by atoms with Gasteiger partial charge in [0.15, 0.2) is 0 Å². The first-order valence-electron chi connectivity index (χ1n) is 5.76. The van der Waals surface area contributed by atoms with Gasteiger partial charge in [-0.1, -0.05) is 51.8 Å². The number of hydrogen-bond acceptors (Lipinski definition) is 2. The van der Waals surface area contributed by atoms with E-state index < -0.39 is 0 Å². The summed E-state index contributed by atoms with van der Waals surface area (Å²) in [6.07, 6.45) is 0.753. The summed E-state index contributed by atoms with van der Waals surface area (Å²) >= 11 is 12.0. The zero-order valence-corrected chi connectivity index (χ0v) is 14.5. The molecular formula is C14H13BrClIN2. The van der Waals surface area contributed by atoms with Crippen LogP contribution in [0.4, 0.5) is 0 Å². The van der Waals surface area contributed by atoms with Crippen molar-refractivity contribution in [1.82, 2.24) is 5.43 Å². The van der Waals surface area contributed by atoms with Gasteiger partial charge in [0.25, 0.3) is 0 Å². The molecule has 2 rings (SSSR count). The average molecular weight is 452 g/mol. The lowest BCUT2D eigenvalue weighted by atomic mass is 9.99. The average Bonchev–Trinajstić information content (AvgIpc) is 2.39. The predicted octanol–water partition coefficient (Wildman–Crippen LogP) is 4.45. The molecule has 1 atom stereocenters. The summed E-state index contributed by atoms with van der Waals surface area (Å²) in [5, 5.41) is 0.751. The first-order chi connectivity index (χ1) is 9.11. The van der Waals surface area contributed by atoms with Crippen LogP contribution >= 0.6 is 50.1 Å². The van der Waals surface area contributed by atoms with Crippen molar-refractivity contribution in [2.24, 2.45) is 5.84 Å². The van der Waals surface area contributed by atoms with Crippen LogP contribution in [-0.4, -0.2) is 0 Å². The second-order valence-electron chi connectivity index (χ2n) is 4.18. The molecule has 0 aliphatic heterocycles. The number of benzene rings is 2. The van der Waals surface area contributed by atoms with E-state index in [1.54, 1.807) is 0 Å². The van der Waals surface area contributed by atoms with E-state index in [0.29, 0.717) is 0 Å². The SMILES string of the molecule is NNC(Cc1ccc(Br)cc1Cl)c1ccccc1I. The third-order valence-electron chi connectivity index (χ3n) is 2.92. The Hall–Kier alpha value is -0.140. The Balaban J connectivity index is 2.27. The fraction of sp³-hybridized carbons (Fsp3) is 0.143. The number of nitrogens with one attached hydrogen (secondary N) is 1. The van der Waals surface area contributed by atoms with E-state index in [-0.39, 0.29) is 6.04 Å². The lowest BCUT2D eigenvalue weighted by Crippen LogP contribution is -2.30. The van der Waals surface area contributed by atoms with Crippen molar-refractivity contribution in [3.63, 3.8) is 0 Å². The van der Waals surface area contributed by atoms with E-state index in [1.165, 1.54) is 9.13 Å². The molecule has 5 heteroatoms. The van der Waals surface area contributed by atoms with Crippen LogP contribution in [0, 0.1) is 3.57 Å². The van der Waals surface area contributed by atoms with Gasteiger partial charge in [0.2, 0.25) is 0 Å². The Bertz CT molecular complexity index is 577. The zero-order valence-electron chi connectivity index (χ0n) is 10.0. The normalized spacial score (nSPS) is 12.4. The fourth-order valence-corrected chi connectivity index (χ4v) is 3.44. The van der Waals surface area contributed by atoms with Crippen molar-refractivity contribution in [3.8, 4) is 0 Å². The quantitative estimate of drug-likeness (QED) is 0.409. The number of nitrogens with two attached hydrogens (primary N) is 1. The van der Waals surface area contributed by atoms with E-state index in [4.69, 9.17) is 17.4 Å². The molecule has 0 heterocycles. The topological polar surface area (TPSA) is 38.0 Å². The third-order valence-corrected chi connectivity index (χ3v) is 4.75. The van der Waals surface area contributed by atoms with E-state index in [2.05, 4.69) is 56.1 Å². The Labute approximate surface area is 140 Å². The highest BCUT2D eigenvalue weighted by molar-refractivity contribution is 14.1. The van der Waals surface area contributed by atoms with Crippen LogP contribution in [0.2, 0.25) is 5.02 Å². The molecule has 3 N–H and O–H groups in total. The minimum Gasteiger partial charge on any atom is -0.271 e. The molecule has 0 radical (unpaired) electrons. The molecule has 0 aliphatic rings. The van der Waals surface area contributed by atoms with Gasteiger partial charge < -0.3 is 0 Å². The monoisotopic (exact) mass is 450 g/mol. The van der Waals surface area contributed by atoms with Crippen LogP contribution in [0.15, 0.2) is 46.9 Å². The van der Waals surface area contributed by atoms with Gasteiger partial charge in [0, 0.05) is 13.1 Å². The van der Waals surface area contributed by atoms with Gasteiger partial charge in [-0.2, -0.15) is 0 Å². The Morgan fingerprint density at radius 1 is 1.26 bits per heavy atom. The van der Waals surface area contributed by atoms with Crippen molar-refractivity contribution in [3.05, 3.63) is 66.7 Å².